The monoisotopic (exact) mass is 259 g/mol. The third kappa shape index (κ3) is 2.64. The van der Waals surface area contributed by atoms with E-state index in [4.69, 9.17) is 0 Å². The van der Waals surface area contributed by atoms with Gasteiger partial charge in [0.15, 0.2) is 0 Å². The molecular formula is C11H17NO2S2. The van der Waals surface area contributed by atoms with Crippen molar-refractivity contribution in [2.24, 2.45) is 0 Å². The second-order valence-corrected chi connectivity index (χ2v) is 7.20. The lowest BCUT2D eigenvalue weighted by Crippen LogP contribution is -2.33. The van der Waals surface area contributed by atoms with Crippen molar-refractivity contribution in [1.29, 1.82) is 0 Å². The molecule has 16 heavy (non-hydrogen) atoms. The van der Waals surface area contributed by atoms with E-state index >= 15 is 0 Å². The number of hydrogen-bond donors (Lipinski definition) is 0. The first kappa shape index (κ1) is 12.1. The van der Waals surface area contributed by atoms with Crippen LogP contribution in [0.5, 0.6) is 0 Å². The van der Waals surface area contributed by atoms with Gasteiger partial charge in [0.05, 0.1) is 5.25 Å². The SMILES string of the molecule is CCCN(Cc1ccsc1)S(=O)(=O)C1CC1. The predicted octanol–water partition coefficient (Wildman–Crippen LogP) is 2.45. The first-order valence-electron chi connectivity index (χ1n) is 5.64. The Morgan fingerprint density at radius 2 is 2.25 bits per heavy atom. The summed E-state index contributed by atoms with van der Waals surface area (Å²) in [7, 11) is -3.03. The zero-order valence-electron chi connectivity index (χ0n) is 9.43. The Kier molecular flexibility index (Phi) is 3.66. The molecule has 1 aromatic rings. The third-order valence-corrected chi connectivity index (χ3v) is 5.79. The van der Waals surface area contributed by atoms with Gasteiger partial charge in [-0.05, 0) is 41.7 Å². The van der Waals surface area contributed by atoms with Crippen molar-refractivity contribution in [1.82, 2.24) is 4.31 Å². The van der Waals surface area contributed by atoms with E-state index in [0.29, 0.717) is 13.1 Å². The van der Waals surface area contributed by atoms with Crippen LogP contribution in [0.4, 0.5) is 0 Å². The van der Waals surface area contributed by atoms with Gasteiger partial charge in [-0.15, -0.1) is 0 Å². The molecular weight excluding hydrogens is 242 g/mol. The molecule has 0 N–H and O–H groups in total. The predicted molar refractivity (Wildman–Crippen MR) is 67.0 cm³/mol. The number of rotatable bonds is 6. The third-order valence-electron chi connectivity index (χ3n) is 2.72. The molecule has 5 heteroatoms. The second kappa shape index (κ2) is 4.85. The molecule has 0 bridgehead atoms. The molecule has 0 saturated heterocycles. The first-order chi connectivity index (χ1) is 7.64. The highest BCUT2D eigenvalue weighted by molar-refractivity contribution is 7.90. The summed E-state index contributed by atoms with van der Waals surface area (Å²) in [6.45, 7) is 3.19. The van der Waals surface area contributed by atoms with Crippen LogP contribution in [0.1, 0.15) is 31.7 Å². The van der Waals surface area contributed by atoms with Gasteiger partial charge < -0.3 is 0 Å². The average Bonchev–Trinajstić information content (AvgIpc) is 2.99. The van der Waals surface area contributed by atoms with Crippen molar-refractivity contribution < 1.29 is 8.42 Å². The summed E-state index contributed by atoms with van der Waals surface area (Å²) in [4.78, 5) is 0. The summed E-state index contributed by atoms with van der Waals surface area (Å²) in [5, 5.41) is 3.91. The molecule has 0 spiro atoms. The van der Waals surface area contributed by atoms with Crippen LogP contribution < -0.4 is 0 Å². The Bertz CT molecular complexity index is 421. The van der Waals surface area contributed by atoms with Gasteiger partial charge in [-0.3, -0.25) is 0 Å². The molecule has 0 unspecified atom stereocenters. The Morgan fingerprint density at radius 1 is 1.50 bits per heavy atom. The molecule has 0 aromatic carbocycles. The van der Waals surface area contributed by atoms with Gasteiger partial charge in [0.25, 0.3) is 0 Å². The molecule has 1 heterocycles. The minimum absolute atomic E-state index is 0.0994. The van der Waals surface area contributed by atoms with E-state index in [1.165, 1.54) is 0 Å². The molecule has 90 valence electrons. The lowest BCUT2D eigenvalue weighted by molar-refractivity contribution is 0.405. The van der Waals surface area contributed by atoms with Crippen molar-refractivity contribution in [3.8, 4) is 0 Å². The Morgan fingerprint density at radius 3 is 2.75 bits per heavy atom. The van der Waals surface area contributed by atoms with Crippen LogP contribution in [0, 0.1) is 0 Å². The molecule has 0 radical (unpaired) electrons. The van der Waals surface area contributed by atoms with E-state index in [0.717, 1.165) is 24.8 Å². The molecule has 1 aliphatic carbocycles. The van der Waals surface area contributed by atoms with Crippen molar-refractivity contribution in [3.05, 3.63) is 22.4 Å². The van der Waals surface area contributed by atoms with Crippen LogP contribution in [-0.2, 0) is 16.6 Å². The maximum Gasteiger partial charge on any atom is 0.217 e. The van der Waals surface area contributed by atoms with Gasteiger partial charge in [-0.1, -0.05) is 6.92 Å². The highest BCUT2D eigenvalue weighted by Crippen LogP contribution is 2.31. The smallest absolute Gasteiger partial charge is 0.212 e. The molecule has 3 nitrogen and oxygen atoms in total. The molecule has 0 aliphatic heterocycles. The fraction of sp³-hybridized carbons (Fsp3) is 0.636. The van der Waals surface area contributed by atoms with Gasteiger partial charge in [0, 0.05) is 13.1 Å². The van der Waals surface area contributed by atoms with Crippen molar-refractivity contribution in [2.45, 2.75) is 38.0 Å². The highest BCUT2D eigenvalue weighted by Gasteiger charge is 2.39. The van der Waals surface area contributed by atoms with Gasteiger partial charge in [-0.25, -0.2) is 8.42 Å². The summed E-state index contributed by atoms with van der Waals surface area (Å²) in [5.74, 6) is 0. The summed E-state index contributed by atoms with van der Waals surface area (Å²) >= 11 is 1.61. The molecule has 2 rings (SSSR count). The summed E-state index contributed by atoms with van der Waals surface area (Å²) in [5.41, 5.74) is 1.10. The van der Waals surface area contributed by atoms with Crippen LogP contribution in [0.15, 0.2) is 16.8 Å². The molecule has 1 saturated carbocycles. The second-order valence-electron chi connectivity index (χ2n) is 4.21. The minimum atomic E-state index is -3.03. The topological polar surface area (TPSA) is 37.4 Å². The lowest BCUT2D eigenvalue weighted by atomic mass is 10.3. The number of thiophene rings is 1. The molecule has 1 fully saturated rings. The van der Waals surface area contributed by atoms with E-state index in [1.807, 2.05) is 23.8 Å². The summed E-state index contributed by atoms with van der Waals surface area (Å²) < 4.78 is 25.9. The zero-order valence-corrected chi connectivity index (χ0v) is 11.1. The average molecular weight is 259 g/mol. The largest absolute Gasteiger partial charge is 0.217 e. The number of nitrogens with zero attached hydrogens (tertiary/aromatic N) is 1. The molecule has 1 aliphatic rings. The lowest BCUT2D eigenvalue weighted by Gasteiger charge is -2.20. The molecule has 0 amide bonds. The van der Waals surface area contributed by atoms with Crippen molar-refractivity contribution in [2.75, 3.05) is 6.54 Å². The van der Waals surface area contributed by atoms with Gasteiger partial charge in [0.2, 0.25) is 10.0 Å². The fourth-order valence-electron chi connectivity index (χ4n) is 1.71. The fourth-order valence-corrected chi connectivity index (χ4v) is 4.29. The van der Waals surface area contributed by atoms with E-state index in [1.54, 1.807) is 15.6 Å². The van der Waals surface area contributed by atoms with Crippen molar-refractivity contribution in [3.63, 3.8) is 0 Å². The Balaban J connectivity index is 2.10. The highest BCUT2D eigenvalue weighted by atomic mass is 32.2. The molecule has 0 atom stereocenters. The van der Waals surface area contributed by atoms with Crippen LogP contribution in [-0.4, -0.2) is 24.5 Å². The first-order valence-corrected chi connectivity index (χ1v) is 8.09. The van der Waals surface area contributed by atoms with Gasteiger partial charge in [0.1, 0.15) is 0 Å². The Hall–Kier alpha value is -0.390. The van der Waals surface area contributed by atoms with E-state index in [9.17, 15) is 8.42 Å². The molecule has 1 aromatic heterocycles. The van der Waals surface area contributed by atoms with Crippen LogP contribution >= 0.6 is 11.3 Å². The summed E-state index contributed by atoms with van der Waals surface area (Å²) in [6, 6.07) is 2.00. The summed E-state index contributed by atoms with van der Waals surface area (Å²) in [6.07, 6.45) is 2.55. The van der Waals surface area contributed by atoms with Crippen LogP contribution in [0.25, 0.3) is 0 Å². The van der Waals surface area contributed by atoms with Gasteiger partial charge >= 0.3 is 0 Å². The minimum Gasteiger partial charge on any atom is -0.212 e. The van der Waals surface area contributed by atoms with E-state index in [2.05, 4.69) is 0 Å². The zero-order chi connectivity index (χ0) is 11.6. The Labute approximate surface area is 101 Å². The van der Waals surface area contributed by atoms with Crippen molar-refractivity contribution >= 4 is 21.4 Å². The van der Waals surface area contributed by atoms with Gasteiger partial charge in [-0.2, -0.15) is 15.6 Å². The number of hydrogen-bond acceptors (Lipinski definition) is 3. The maximum atomic E-state index is 12.1. The normalized spacial score (nSPS) is 16.9. The van der Waals surface area contributed by atoms with Crippen LogP contribution in [0.3, 0.4) is 0 Å². The quantitative estimate of drug-likeness (QED) is 0.787. The van der Waals surface area contributed by atoms with E-state index in [-0.39, 0.29) is 5.25 Å². The number of sulfonamides is 1. The van der Waals surface area contributed by atoms with E-state index < -0.39 is 10.0 Å². The standard InChI is InChI=1S/C11H17NO2S2/c1-2-6-12(8-10-5-7-15-9-10)16(13,14)11-3-4-11/h5,7,9,11H,2-4,6,8H2,1H3. The van der Waals surface area contributed by atoms with Crippen LogP contribution in [0.2, 0.25) is 0 Å². The maximum absolute atomic E-state index is 12.1.